The minimum atomic E-state index is -0.164. The Morgan fingerprint density at radius 2 is 1.81 bits per heavy atom. The molecule has 0 amide bonds. The highest BCUT2D eigenvalue weighted by Gasteiger charge is 2.32. The first kappa shape index (κ1) is 17.4. The van der Waals surface area contributed by atoms with Gasteiger partial charge in [-0.05, 0) is 52.0 Å². The van der Waals surface area contributed by atoms with Gasteiger partial charge in [0, 0.05) is 16.3 Å². The maximum atomic E-state index is 12.8. The molecule has 2 aromatic carbocycles. The van der Waals surface area contributed by atoms with E-state index in [0.717, 1.165) is 66.4 Å². The SMILES string of the molecule is Cc1c2c(c3ccccc3c1OC(=O)C1CCCCC1)OC(C)(C)CC2. The smallest absolute Gasteiger partial charge is 0.314 e. The first-order chi connectivity index (χ1) is 12.5. The number of carbonyl (C=O) groups excluding carboxylic acids is 1. The number of esters is 1. The van der Waals surface area contributed by atoms with Crippen molar-refractivity contribution < 1.29 is 14.3 Å². The number of hydrogen-bond acceptors (Lipinski definition) is 3. The van der Waals surface area contributed by atoms with E-state index in [4.69, 9.17) is 9.47 Å². The molecule has 0 radical (unpaired) electrons. The molecule has 3 nitrogen and oxygen atoms in total. The number of benzene rings is 2. The molecule has 1 saturated carbocycles. The lowest BCUT2D eigenvalue weighted by Crippen LogP contribution is -2.33. The number of hydrogen-bond donors (Lipinski definition) is 0. The third-order valence-corrected chi connectivity index (χ3v) is 5.98. The summed E-state index contributed by atoms with van der Waals surface area (Å²) < 4.78 is 12.4. The van der Waals surface area contributed by atoms with Crippen LogP contribution < -0.4 is 9.47 Å². The number of carbonyl (C=O) groups is 1. The quantitative estimate of drug-likeness (QED) is 0.511. The van der Waals surface area contributed by atoms with Crippen molar-refractivity contribution in [2.75, 3.05) is 0 Å². The normalized spacial score (nSPS) is 19.7. The van der Waals surface area contributed by atoms with E-state index in [1.807, 2.05) is 18.2 Å². The van der Waals surface area contributed by atoms with Gasteiger partial charge in [-0.15, -0.1) is 0 Å². The third kappa shape index (κ3) is 3.08. The van der Waals surface area contributed by atoms with Crippen LogP contribution in [-0.2, 0) is 11.2 Å². The van der Waals surface area contributed by atoms with Crippen molar-refractivity contribution in [2.24, 2.45) is 5.92 Å². The van der Waals surface area contributed by atoms with Crippen LogP contribution in [0, 0.1) is 12.8 Å². The minimum Gasteiger partial charge on any atom is -0.487 e. The first-order valence-corrected chi connectivity index (χ1v) is 9.91. The molecular formula is C23H28O3. The van der Waals surface area contributed by atoms with Crippen molar-refractivity contribution in [1.82, 2.24) is 0 Å². The Hall–Kier alpha value is -2.03. The fourth-order valence-corrected chi connectivity index (χ4v) is 4.38. The Balaban J connectivity index is 1.78. The molecule has 4 rings (SSSR count). The van der Waals surface area contributed by atoms with Crippen LogP contribution in [0.4, 0.5) is 0 Å². The number of ether oxygens (including phenoxy) is 2. The van der Waals surface area contributed by atoms with E-state index in [1.54, 1.807) is 0 Å². The van der Waals surface area contributed by atoms with Gasteiger partial charge in [0.1, 0.15) is 17.1 Å². The van der Waals surface area contributed by atoms with Gasteiger partial charge in [0.2, 0.25) is 0 Å². The van der Waals surface area contributed by atoms with E-state index in [2.05, 4.69) is 26.8 Å². The summed E-state index contributed by atoms with van der Waals surface area (Å²) in [6.45, 7) is 6.34. The lowest BCUT2D eigenvalue weighted by Gasteiger charge is -2.35. The lowest BCUT2D eigenvalue weighted by atomic mass is 9.88. The van der Waals surface area contributed by atoms with E-state index >= 15 is 0 Å². The summed E-state index contributed by atoms with van der Waals surface area (Å²) in [6, 6.07) is 8.14. The molecule has 2 aliphatic rings. The van der Waals surface area contributed by atoms with Gasteiger partial charge in [-0.25, -0.2) is 0 Å². The highest BCUT2D eigenvalue weighted by molar-refractivity contribution is 5.97. The van der Waals surface area contributed by atoms with Crippen molar-refractivity contribution in [1.29, 1.82) is 0 Å². The molecule has 0 saturated heterocycles. The van der Waals surface area contributed by atoms with Gasteiger partial charge < -0.3 is 9.47 Å². The van der Waals surface area contributed by atoms with Gasteiger partial charge in [-0.2, -0.15) is 0 Å². The van der Waals surface area contributed by atoms with Gasteiger partial charge in [0.05, 0.1) is 5.92 Å². The lowest BCUT2D eigenvalue weighted by molar-refractivity contribution is -0.139. The van der Waals surface area contributed by atoms with Crippen LogP contribution >= 0.6 is 0 Å². The maximum absolute atomic E-state index is 12.8. The van der Waals surface area contributed by atoms with Crippen molar-refractivity contribution in [3.05, 3.63) is 35.4 Å². The van der Waals surface area contributed by atoms with Gasteiger partial charge in [-0.1, -0.05) is 43.5 Å². The van der Waals surface area contributed by atoms with Crippen LogP contribution in [0.25, 0.3) is 10.8 Å². The zero-order chi connectivity index (χ0) is 18.3. The standard InChI is InChI=1S/C23H28O3/c1-15-17-13-14-23(2,3)26-21(17)19-12-8-7-11-18(19)20(15)25-22(24)16-9-5-4-6-10-16/h7-8,11-12,16H,4-6,9-10,13-14H2,1-3H3. The molecular weight excluding hydrogens is 324 g/mol. The Bertz CT molecular complexity index is 844. The highest BCUT2D eigenvalue weighted by atomic mass is 16.5. The average Bonchev–Trinajstić information content (AvgIpc) is 2.65. The maximum Gasteiger partial charge on any atom is 0.314 e. The van der Waals surface area contributed by atoms with Gasteiger partial charge >= 0.3 is 5.97 Å². The molecule has 0 N–H and O–H groups in total. The Morgan fingerprint density at radius 1 is 1.12 bits per heavy atom. The fraction of sp³-hybridized carbons (Fsp3) is 0.522. The predicted octanol–water partition coefficient (Wildman–Crippen LogP) is 5.74. The second-order valence-corrected chi connectivity index (χ2v) is 8.43. The van der Waals surface area contributed by atoms with Crippen LogP contribution in [0.2, 0.25) is 0 Å². The topological polar surface area (TPSA) is 35.5 Å². The summed E-state index contributed by atoms with van der Waals surface area (Å²) in [4.78, 5) is 12.8. The summed E-state index contributed by atoms with van der Waals surface area (Å²) in [5.41, 5.74) is 2.08. The van der Waals surface area contributed by atoms with Crippen LogP contribution in [0.15, 0.2) is 24.3 Å². The van der Waals surface area contributed by atoms with Crippen LogP contribution in [0.3, 0.4) is 0 Å². The van der Waals surface area contributed by atoms with Crippen molar-refractivity contribution in [3.8, 4) is 11.5 Å². The highest BCUT2D eigenvalue weighted by Crippen LogP contribution is 2.45. The minimum absolute atomic E-state index is 0.0492. The van der Waals surface area contributed by atoms with Crippen molar-refractivity contribution in [2.45, 2.75) is 71.3 Å². The van der Waals surface area contributed by atoms with Crippen molar-refractivity contribution in [3.63, 3.8) is 0 Å². The van der Waals surface area contributed by atoms with Crippen molar-refractivity contribution >= 4 is 16.7 Å². The zero-order valence-electron chi connectivity index (χ0n) is 16.1. The van der Waals surface area contributed by atoms with Gasteiger partial charge in [0.15, 0.2) is 0 Å². The predicted molar refractivity (Wildman–Crippen MR) is 104 cm³/mol. The fourth-order valence-electron chi connectivity index (χ4n) is 4.38. The summed E-state index contributed by atoms with van der Waals surface area (Å²) in [5.74, 6) is 1.69. The molecule has 1 aliphatic carbocycles. The van der Waals surface area contributed by atoms with E-state index in [-0.39, 0.29) is 17.5 Å². The molecule has 2 aromatic rings. The molecule has 0 aromatic heterocycles. The second kappa shape index (κ2) is 6.61. The molecule has 26 heavy (non-hydrogen) atoms. The van der Waals surface area contributed by atoms with E-state index in [9.17, 15) is 4.79 Å². The number of fused-ring (bicyclic) bond motifs is 3. The molecule has 0 unspecified atom stereocenters. The van der Waals surface area contributed by atoms with E-state index < -0.39 is 0 Å². The summed E-state index contributed by atoms with van der Waals surface area (Å²) in [5, 5.41) is 2.03. The molecule has 0 spiro atoms. The molecule has 3 heteroatoms. The Morgan fingerprint density at radius 3 is 2.54 bits per heavy atom. The second-order valence-electron chi connectivity index (χ2n) is 8.43. The van der Waals surface area contributed by atoms with E-state index in [0.29, 0.717) is 0 Å². The zero-order valence-corrected chi connectivity index (χ0v) is 16.1. The largest absolute Gasteiger partial charge is 0.487 e. The van der Waals surface area contributed by atoms with Gasteiger partial charge in [-0.3, -0.25) is 4.79 Å². The third-order valence-electron chi connectivity index (χ3n) is 5.98. The Kier molecular flexibility index (Phi) is 4.42. The molecule has 0 bridgehead atoms. The molecule has 0 atom stereocenters. The van der Waals surface area contributed by atoms with Crippen LogP contribution in [0.1, 0.15) is 63.5 Å². The van der Waals surface area contributed by atoms with Crippen LogP contribution in [0.5, 0.6) is 11.5 Å². The average molecular weight is 352 g/mol. The molecule has 1 fully saturated rings. The molecule has 1 heterocycles. The monoisotopic (exact) mass is 352 g/mol. The molecule has 138 valence electrons. The van der Waals surface area contributed by atoms with Crippen LogP contribution in [-0.4, -0.2) is 11.6 Å². The summed E-state index contributed by atoms with van der Waals surface area (Å²) in [7, 11) is 0. The number of rotatable bonds is 2. The Labute approximate surface area is 155 Å². The molecule has 1 aliphatic heterocycles. The van der Waals surface area contributed by atoms with Gasteiger partial charge in [0.25, 0.3) is 0 Å². The van der Waals surface area contributed by atoms with E-state index in [1.165, 1.54) is 12.0 Å². The summed E-state index contributed by atoms with van der Waals surface area (Å²) >= 11 is 0. The summed E-state index contributed by atoms with van der Waals surface area (Å²) in [6.07, 6.45) is 7.33. The first-order valence-electron chi connectivity index (χ1n) is 9.91.